The van der Waals surface area contributed by atoms with E-state index >= 15 is 0 Å². The molecule has 115 valence electrons. The summed E-state index contributed by atoms with van der Waals surface area (Å²) in [5.74, 6) is 1.13. The van der Waals surface area contributed by atoms with E-state index in [9.17, 15) is 10.4 Å². The van der Waals surface area contributed by atoms with Crippen molar-refractivity contribution in [2.75, 3.05) is 14.2 Å². The predicted octanol–water partition coefficient (Wildman–Crippen LogP) is 2.18. The number of hydroxylamine groups is 3. The minimum Gasteiger partial charge on any atom is -0.714 e. The van der Waals surface area contributed by atoms with E-state index in [1.807, 2.05) is 0 Å². The Labute approximate surface area is 124 Å². The minimum atomic E-state index is -0.847. The molecule has 1 heterocycles. The SMILES string of the molecule is COc1cc(OC)cc(C2=[N+]([O-])C(C)(C)C(C)(C)N2[O])c1. The summed E-state index contributed by atoms with van der Waals surface area (Å²) in [6, 6.07) is 5.01. The third-order valence-electron chi connectivity index (χ3n) is 4.51. The highest BCUT2D eigenvalue weighted by Crippen LogP contribution is 2.38. The Kier molecular flexibility index (Phi) is 3.53. The summed E-state index contributed by atoms with van der Waals surface area (Å²) < 4.78 is 11.2. The van der Waals surface area contributed by atoms with Crippen LogP contribution in [0.4, 0.5) is 0 Å². The predicted molar refractivity (Wildman–Crippen MR) is 78.0 cm³/mol. The molecule has 0 bridgehead atoms. The van der Waals surface area contributed by atoms with Crippen LogP contribution < -0.4 is 9.47 Å². The summed E-state index contributed by atoms with van der Waals surface area (Å²) in [4.78, 5) is 0. The van der Waals surface area contributed by atoms with Crippen LogP contribution in [0, 0.1) is 5.21 Å². The maximum absolute atomic E-state index is 12.6. The maximum Gasteiger partial charge on any atom is 0.317 e. The van der Waals surface area contributed by atoms with Crippen LogP contribution in [-0.4, -0.2) is 40.9 Å². The molecular formula is C15H21N2O4. The lowest BCUT2D eigenvalue weighted by Crippen LogP contribution is -2.53. The summed E-state index contributed by atoms with van der Waals surface area (Å²) in [7, 11) is 3.05. The molecule has 0 aromatic heterocycles. The van der Waals surface area contributed by atoms with Gasteiger partial charge in [0.05, 0.1) is 19.8 Å². The zero-order valence-corrected chi connectivity index (χ0v) is 13.3. The highest BCUT2D eigenvalue weighted by atomic mass is 16.5. The number of ether oxygens (including phenoxy) is 2. The Hall–Kier alpha value is -1.95. The van der Waals surface area contributed by atoms with Crippen molar-refractivity contribution in [1.29, 1.82) is 0 Å². The molecule has 0 saturated heterocycles. The molecule has 21 heavy (non-hydrogen) atoms. The van der Waals surface area contributed by atoms with E-state index in [0.29, 0.717) is 17.1 Å². The molecule has 6 heteroatoms. The average molecular weight is 293 g/mol. The lowest BCUT2D eigenvalue weighted by atomic mass is 9.84. The van der Waals surface area contributed by atoms with E-state index in [1.54, 1.807) is 45.9 Å². The van der Waals surface area contributed by atoms with Gasteiger partial charge in [-0.25, -0.2) is 0 Å². The molecule has 0 spiro atoms. The standard InChI is InChI=1S/C15H21N2O4/c1-14(2)15(3,4)17(19)13(16(14)18)10-7-11(20-5)9-12(8-10)21-6/h7-9H,1-6H3. The van der Waals surface area contributed by atoms with Gasteiger partial charge in [-0.3, -0.25) is 4.74 Å². The molecule has 1 aromatic carbocycles. The Bertz CT molecular complexity index is 571. The van der Waals surface area contributed by atoms with E-state index in [1.165, 1.54) is 14.2 Å². The molecule has 0 amide bonds. The quantitative estimate of drug-likeness (QED) is 0.633. The Morgan fingerprint density at radius 1 is 1.05 bits per heavy atom. The first-order valence-corrected chi connectivity index (χ1v) is 6.72. The molecule has 0 aliphatic carbocycles. The van der Waals surface area contributed by atoms with Crippen LogP contribution in [0.5, 0.6) is 11.5 Å². The van der Waals surface area contributed by atoms with Crippen molar-refractivity contribution < 1.29 is 19.4 Å². The molecule has 0 fully saturated rings. The Balaban J connectivity index is 2.64. The smallest absolute Gasteiger partial charge is 0.317 e. The van der Waals surface area contributed by atoms with Gasteiger partial charge in [0.25, 0.3) is 0 Å². The van der Waals surface area contributed by atoms with Gasteiger partial charge in [-0.15, -0.1) is 0 Å². The Morgan fingerprint density at radius 3 is 1.86 bits per heavy atom. The Morgan fingerprint density at radius 2 is 1.52 bits per heavy atom. The van der Waals surface area contributed by atoms with Crippen LogP contribution in [0.15, 0.2) is 18.2 Å². The van der Waals surface area contributed by atoms with Gasteiger partial charge in [-0.05, 0) is 39.8 Å². The van der Waals surface area contributed by atoms with Crippen molar-refractivity contribution in [3.05, 3.63) is 29.0 Å². The van der Waals surface area contributed by atoms with Crippen molar-refractivity contribution in [2.45, 2.75) is 38.8 Å². The number of hydrogen-bond donors (Lipinski definition) is 0. The number of benzene rings is 1. The molecule has 2 rings (SSSR count). The normalized spacial score (nSPS) is 19.9. The second kappa shape index (κ2) is 4.80. The summed E-state index contributed by atoms with van der Waals surface area (Å²) >= 11 is 0. The van der Waals surface area contributed by atoms with Crippen LogP contribution in [0.2, 0.25) is 0 Å². The topological polar surface area (TPSA) is 67.7 Å². The van der Waals surface area contributed by atoms with Crippen molar-refractivity contribution in [1.82, 2.24) is 5.06 Å². The molecule has 1 radical (unpaired) electrons. The summed E-state index contributed by atoms with van der Waals surface area (Å²) in [5.41, 5.74) is -1.21. The van der Waals surface area contributed by atoms with E-state index in [2.05, 4.69) is 0 Å². The fraction of sp³-hybridized carbons (Fsp3) is 0.533. The molecular weight excluding hydrogens is 272 g/mol. The maximum atomic E-state index is 12.6. The number of amidine groups is 1. The third kappa shape index (κ3) is 2.10. The first-order chi connectivity index (χ1) is 9.66. The largest absolute Gasteiger partial charge is 0.714 e. The lowest BCUT2D eigenvalue weighted by molar-refractivity contribution is -0.539. The average Bonchev–Trinajstić information content (AvgIpc) is 2.56. The van der Waals surface area contributed by atoms with Crippen molar-refractivity contribution >= 4 is 5.84 Å². The highest BCUT2D eigenvalue weighted by molar-refractivity contribution is 5.96. The zero-order chi connectivity index (χ0) is 16.0. The number of hydrogen-bond acceptors (Lipinski definition) is 4. The molecule has 1 aromatic rings. The summed E-state index contributed by atoms with van der Waals surface area (Å²) in [5, 5.41) is 26.0. The molecule has 1 aliphatic rings. The van der Waals surface area contributed by atoms with E-state index in [-0.39, 0.29) is 5.84 Å². The van der Waals surface area contributed by atoms with Gasteiger partial charge in [0.1, 0.15) is 17.0 Å². The van der Waals surface area contributed by atoms with Crippen LogP contribution >= 0.6 is 0 Å². The van der Waals surface area contributed by atoms with Crippen LogP contribution in [0.25, 0.3) is 0 Å². The minimum absolute atomic E-state index is 0.0715. The van der Waals surface area contributed by atoms with Crippen molar-refractivity contribution in [3.63, 3.8) is 0 Å². The van der Waals surface area contributed by atoms with Gasteiger partial charge in [-0.1, -0.05) is 5.06 Å². The van der Waals surface area contributed by atoms with Crippen molar-refractivity contribution in [3.8, 4) is 11.5 Å². The van der Waals surface area contributed by atoms with Crippen LogP contribution in [0.1, 0.15) is 33.3 Å². The first-order valence-electron chi connectivity index (χ1n) is 6.72. The molecule has 0 N–H and O–H groups in total. The molecule has 6 nitrogen and oxygen atoms in total. The van der Waals surface area contributed by atoms with E-state index in [0.717, 1.165) is 9.80 Å². The van der Waals surface area contributed by atoms with Crippen LogP contribution in [0.3, 0.4) is 0 Å². The van der Waals surface area contributed by atoms with Gasteiger partial charge in [0.15, 0.2) is 5.54 Å². The number of nitrogens with zero attached hydrogens (tertiary/aromatic N) is 2. The van der Waals surface area contributed by atoms with Gasteiger partial charge < -0.3 is 14.7 Å². The van der Waals surface area contributed by atoms with Gasteiger partial charge >= 0.3 is 5.84 Å². The second-order valence-electron chi connectivity index (χ2n) is 6.13. The van der Waals surface area contributed by atoms with Gasteiger partial charge in [0, 0.05) is 11.3 Å². The summed E-state index contributed by atoms with van der Waals surface area (Å²) in [6.07, 6.45) is 0. The molecule has 0 unspecified atom stereocenters. The van der Waals surface area contributed by atoms with Gasteiger partial charge in [0.2, 0.25) is 0 Å². The highest BCUT2D eigenvalue weighted by Gasteiger charge is 2.60. The first kappa shape index (κ1) is 15.4. The molecule has 0 atom stereocenters. The van der Waals surface area contributed by atoms with Gasteiger partial charge in [-0.2, -0.15) is 0 Å². The zero-order valence-electron chi connectivity index (χ0n) is 13.3. The molecule has 1 aliphatic heterocycles. The fourth-order valence-electron chi connectivity index (χ4n) is 2.28. The lowest BCUT2D eigenvalue weighted by Gasteiger charge is -2.32. The monoisotopic (exact) mass is 293 g/mol. The second-order valence-corrected chi connectivity index (χ2v) is 6.13. The van der Waals surface area contributed by atoms with Crippen LogP contribution in [-0.2, 0) is 5.21 Å². The van der Waals surface area contributed by atoms with Crippen molar-refractivity contribution in [2.24, 2.45) is 0 Å². The molecule has 0 saturated carbocycles. The van der Waals surface area contributed by atoms with E-state index in [4.69, 9.17) is 9.47 Å². The van der Waals surface area contributed by atoms with E-state index < -0.39 is 11.1 Å². The summed E-state index contributed by atoms with van der Waals surface area (Å²) in [6.45, 7) is 7.04. The number of methoxy groups -OCH3 is 2. The number of rotatable bonds is 3. The fourth-order valence-corrected chi connectivity index (χ4v) is 2.28. The third-order valence-corrected chi connectivity index (χ3v) is 4.51.